The molecule has 2 aromatic rings. The minimum atomic E-state index is -0.979. The van der Waals surface area contributed by atoms with Crippen LogP contribution in [0.15, 0.2) is 70.4 Å². The Balaban J connectivity index is 1.78. The summed E-state index contributed by atoms with van der Waals surface area (Å²) in [5, 5.41) is 2.79. The van der Waals surface area contributed by atoms with Gasteiger partial charge in [0.15, 0.2) is 5.78 Å². The van der Waals surface area contributed by atoms with Crippen LogP contribution in [-0.2, 0) is 14.3 Å². The number of hydrogen-bond acceptors (Lipinski definition) is 4. The van der Waals surface area contributed by atoms with Gasteiger partial charge in [0.05, 0.1) is 0 Å². The summed E-state index contributed by atoms with van der Waals surface area (Å²) in [7, 11) is 0. The highest BCUT2D eigenvalue weighted by Gasteiger charge is 2.45. The van der Waals surface area contributed by atoms with E-state index in [1.165, 1.54) is 0 Å². The van der Waals surface area contributed by atoms with Gasteiger partial charge in [0.2, 0.25) is 0 Å². The summed E-state index contributed by atoms with van der Waals surface area (Å²) in [4.78, 5) is 38.3. The van der Waals surface area contributed by atoms with E-state index in [0.29, 0.717) is 36.2 Å². The lowest BCUT2D eigenvalue weighted by Crippen LogP contribution is -2.50. The van der Waals surface area contributed by atoms with Crippen molar-refractivity contribution in [1.82, 2.24) is 5.32 Å². The maximum atomic E-state index is 12.8. The van der Waals surface area contributed by atoms with Crippen LogP contribution in [0.1, 0.15) is 41.1 Å². The third-order valence-corrected chi connectivity index (χ3v) is 5.82. The summed E-state index contributed by atoms with van der Waals surface area (Å²) in [6.07, 6.45) is 1.62. The number of hydrogen-bond donors (Lipinski definition) is 1. The zero-order valence-corrected chi connectivity index (χ0v) is 16.6. The van der Waals surface area contributed by atoms with Crippen LogP contribution >= 0.6 is 15.9 Å². The predicted octanol–water partition coefficient (Wildman–Crippen LogP) is 3.90. The zero-order chi connectivity index (χ0) is 19.7. The summed E-state index contributed by atoms with van der Waals surface area (Å²) in [5.74, 6) is -1.11. The molecule has 0 bridgehead atoms. The molecular weight excluding hydrogens is 422 g/mol. The fourth-order valence-electron chi connectivity index (χ4n) is 3.79. The third-order valence-electron chi connectivity index (χ3n) is 5.09. The van der Waals surface area contributed by atoms with Crippen LogP contribution in [0.25, 0.3) is 0 Å². The zero-order valence-electron chi connectivity index (χ0n) is 15.0. The van der Waals surface area contributed by atoms with Crippen LogP contribution in [0.5, 0.6) is 0 Å². The van der Waals surface area contributed by atoms with E-state index >= 15 is 0 Å². The fraction of sp³-hybridized carbons (Fsp3) is 0.227. The number of nitrogens with one attached hydrogen (secondary N) is 1. The number of ether oxygens (including phenoxy) is 1. The van der Waals surface area contributed by atoms with Gasteiger partial charge in [-0.15, -0.1) is 0 Å². The lowest BCUT2D eigenvalue weighted by Gasteiger charge is -2.36. The molecule has 0 saturated carbocycles. The normalized spacial score (nSPS) is 21.8. The molecule has 1 heterocycles. The summed E-state index contributed by atoms with van der Waals surface area (Å²) in [6.45, 7) is 0. The van der Waals surface area contributed by atoms with Crippen molar-refractivity contribution in [3.8, 4) is 0 Å². The average Bonchev–Trinajstić information content (AvgIpc) is 2.70. The van der Waals surface area contributed by atoms with Gasteiger partial charge in [-0.3, -0.25) is 9.59 Å². The second-order valence-electron chi connectivity index (χ2n) is 6.85. The highest BCUT2D eigenvalue weighted by molar-refractivity contribution is 9.10. The number of benzene rings is 2. The maximum absolute atomic E-state index is 12.8. The van der Waals surface area contributed by atoms with Crippen LogP contribution < -0.4 is 5.32 Å². The second-order valence-corrected chi connectivity index (χ2v) is 7.71. The molecule has 0 aromatic heterocycles. The van der Waals surface area contributed by atoms with Gasteiger partial charge in [0, 0.05) is 34.4 Å². The minimum absolute atomic E-state index is 0.0338. The molecule has 6 heteroatoms. The van der Waals surface area contributed by atoms with E-state index in [-0.39, 0.29) is 11.7 Å². The first-order chi connectivity index (χ1) is 13.6. The molecule has 2 atom stereocenters. The monoisotopic (exact) mass is 439 g/mol. The highest BCUT2D eigenvalue weighted by Crippen LogP contribution is 2.42. The Bertz CT molecular complexity index is 983. The SMILES string of the molecule is O=C1CCCC2=C1[C@@H](c1ccccc1Br)[C@@H](NC(=O)c1ccccc1)C(=O)O2. The number of carbonyl (C=O) groups excluding carboxylic acids is 3. The van der Waals surface area contributed by atoms with E-state index in [2.05, 4.69) is 21.2 Å². The van der Waals surface area contributed by atoms with Crippen LogP contribution in [0.2, 0.25) is 0 Å². The molecule has 142 valence electrons. The predicted molar refractivity (Wildman–Crippen MR) is 107 cm³/mol. The Morgan fingerprint density at radius 1 is 1.00 bits per heavy atom. The van der Waals surface area contributed by atoms with Crippen molar-refractivity contribution in [3.63, 3.8) is 0 Å². The van der Waals surface area contributed by atoms with Crippen molar-refractivity contribution in [1.29, 1.82) is 0 Å². The van der Waals surface area contributed by atoms with Crippen molar-refractivity contribution in [2.24, 2.45) is 0 Å². The number of amides is 1. The molecule has 28 heavy (non-hydrogen) atoms. The molecule has 1 N–H and O–H groups in total. The Morgan fingerprint density at radius 2 is 1.71 bits per heavy atom. The lowest BCUT2D eigenvalue weighted by molar-refractivity contribution is -0.144. The van der Waals surface area contributed by atoms with Crippen molar-refractivity contribution in [2.45, 2.75) is 31.2 Å². The molecule has 0 radical (unpaired) electrons. The van der Waals surface area contributed by atoms with Crippen molar-refractivity contribution >= 4 is 33.6 Å². The Morgan fingerprint density at radius 3 is 2.46 bits per heavy atom. The number of ketones is 1. The number of halogens is 1. The molecule has 1 aliphatic heterocycles. The summed E-state index contributed by atoms with van der Waals surface area (Å²) in [6, 6.07) is 15.1. The number of esters is 1. The van der Waals surface area contributed by atoms with Crippen LogP contribution in [0.4, 0.5) is 0 Å². The van der Waals surface area contributed by atoms with Gasteiger partial charge in [-0.1, -0.05) is 52.3 Å². The molecule has 0 fully saturated rings. The number of allylic oxidation sites excluding steroid dienone is 1. The molecule has 5 nitrogen and oxygen atoms in total. The molecule has 2 aliphatic rings. The maximum Gasteiger partial charge on any atom is 0.334 e. The first-order valence-corrected chi connectivity index (χ1v) is 9.94. The standard InChI is InChI=1S/C22H18BrNO4/c23-15-10-5-4-9-14(15)18-19-16(25)11-6-12-17(19)28-22(27)20(18)24-21(26)13-7-2-1-3-8-13/h1-5,7-10,18,20H,6,11-12H2,(H,24,26)/t18-,20-/m1/s1. The molecular formula is C22H18BrNO4. The molecule has 2 aromatic carbocycles. The van der Waals surface area contributed by atoms with Gasteiger partial charge in [-0.25, -0.2) is 4.79 Å². The van der Waals surface area contributed by atoms with Gasteiger partial charge in [0.1, 0.15) is 11.8 Å². The van der Waals surface area contributed by atoms with Crippen LogP contribution in [0, 0.1) is 0 Å². The van der Waals surface area contributed by atoms with Crippen LogP contribution in [-0.4, -0.2) is 23.7 Å². The topological polar surface area (TPSA) is 72.5 Å². The smallest absolute Gasteiger partial charge is 0.334 e. The van der Waals surface area contributed by atoms with Gasteiger partial charge in [0.25, 0.3) is 5.91 Å². The van der Waals surface area contributed by atoms with Crippen LogP contribution in [0.3, 0.4) is 0 Å². The van der Waals surface area contributed by atoms with E-state index < -0.39 is 17.9 Å². The van der Waals surface area contributed by atoms with Gasteiger partial charge < -0.3 is 10.1 Å². The molecule has 0 unspecified atom stereocenters. The third kappa shape index (κ3) is 3.40. The molecule has 4 rings (SSSR count). The largest absolute Gasteiger partial charge is 0.429 e. The van der Waals surface area contributed by atoms with E-state index in [0.717, 1.165) is 10.0 Å². The van der Waals surface area contributed by atoms with Crippen molar-refractivity contribution in [3.05, 3.63) is 81.5 Å². The molecule has 1 amide bonds. The van der Waals surface area contributed by atoms with Gasteiger partial charge >= 0.3 is 5.97 Å². The second kappa shape index (κ2) is 7.72. The highest BCUT2D eigenvalue weighted by atomic mass is 79.9. The fourth-order valence-corrected chi connectivity index (χ4v) is 4.33. The van der Waals surface area contributed by atoms with E-state index in [4.69, 9.17) is 4.74 Å². The number of rotatable bonds is 3. The lowest BCUT2D eigenvalue weighted by atomic mass is 9.77. The molecule has 1 aliphatic carbocycles. The first-order valence-electron chi connectivity index (χ1n) is 9.14. The Kier molecular flexibility index (Phi) is 5.13. The van der Waals surface area contributed by atoms with Crippen molar-refractivity contribution in [2.75, 3.05) is 0 Å². The summed E-state index contributed by atoms with van der Waals surface area (Å²) >= 11 is 3.53. The first kappa shape index (κ1) is 18.6. The average molecular weight is 440 g/mol. The summed E-state index contributed by atoms with van der Waals surface area (Å²) < 4.78 is 6.27. The quantitative estimate of drug-likeness (QED) is 0.736. The van der Waals surface area contributed by atoms with Gasteiger partial charge in [-0.05, 0) is 30.2 Å². The Hall–Kier alpha value is -2.73. The van der Waals surface area contributed by atoms with E-state index in [1.54, 1.807) is 24.3 Å². The summed E-state index contributed by atoms with van der Waals surface area (Å²) in [5.41, 5.74) is 1.72. The molecule has 0 spiro atoms. The molecule has 0 saturated heterocycles. The van der Waals surface area contributed by atoms with Gasteiger partial charge in [-0.2, -0.15) is 0 Å². The number of Topliss-reactive ketones (excluding diaryl/α,β-unsaturated/α-hetero) is 1. The minimum Gasteiger partial charge on any atom is -0.429 e. The Labute approximate surface area is 170 Å². The van der Waals surface area contributed by atoms with Crippen molar-refractivity contribution < 1.29 is 19.1 Å². The van der Waals surface area contributed by atoms with E-state index in [1.807, 2.05) is 30.3 Å². The van der Waals surface area contributed by atoms with E-state index in [9.17, 15) is 14.4 Å². The number of carbonyl (C=O) groups is 3.